The summed E-state index contributed by atoms with van der Waals surface area (Å²) in [4.78, 5) is 0.981. The van der Waals surface area contributed by atoms with Gasteiger partial charge in [0.1, 0.15) is 0 Å². The van der Waals surface area contributed by atoms with Crippen molar-refractivity contribution in [1.82, 2.24) is 4.72 Å². The molecule has 0 aromatic heterocycles. The quantitative estimate of drug-likeness (QED) is 0.614. The summed E-state index contributed by atoms with van der Waals surface area (Å²) in [5, 5.41) is 0. The molecule has 0 bridgehead atoms. The van der Waals surface area contributed by atoms with E-state index >= 15 is 0 Å². The number of hydrogen-bond acceptors (Lipinski definition) is 5. The van der Waals surface area contributed by atoms with Gasteiger partial charge >= 0.3 is 0 Å². The van der Waals surface area contributed by atoms with E-state index in [1.807, 2.05) is 38.1 Å². The Labute approximate surface area is 130 Å². The molecule has 1 aromatic rings. The molecule has 1 fully saturated rings. The topological polar surface area (TPSA) is 81.4 Å². The van der Waals surface area contributed by atoms with Crippen molar-refractivity contribution in [2.75, 3.05) is 23.8 Å². The zero-order chi connectivity index (χ0) is 15.5. The molecule has 0 spiro atoms. The normalized spacial score (nSPS) is 26.1. The Morgan fingerprint density at radius 3 is 2.90 bits per heavy atom. The number of thioether (sulfide) groups is 1. The van der Waals surface area contributed by atoms with Gasteiger partial charge in [-0.15, -0.1) is 11.8 Å². The van der Waals surface area contributed by atoms with Crippen molar-refractivity contribution in [2.24, 2.45) is 0 Å². The molecule has 5 nitrogen and oxygen atoms in total. The van der Waals surface area contributed by atoms with Gasteiger partial charge in [0.25, 0.3) is 0 Å². The van der Waals surface area contributed by atoms with Crippen LogP contribution in [0.1, 0.15) is 20.3 Å². The molecule has 2 unspecified atom stereocenters. The molecule has 0 aliphatic carbocycles. The summed E-state index contributed by atoms with van der Waals surface area (Å²) in [6.07, 6.45) is 0.601. The van der Waals surface area contributed by atoms with Gasteiger partial charge in [-0.1, -0.05) is 6.07 Å². The molecule has 1 aromatic carbocycles. The summed E-state index contributed by atoms with van der Waals surface area (Å²) in [7, 11) is -3.32. The number of nitrogens with two attached hydrogens (primary N) is 1. The van der Waals surface area contributed by atoms with Crippen molar-refractivity contribution in [3.8, 4) is 0 Å². The second-order valence-electron chi connectivity index (χ2n) is 5.52. The maximum atomic E-state index is 12.2. The van der Waals surface area contributed by atoms with Crippen LogP contribution in [-0.2, 0) is 14.8 Å². The molecule has 1 aliphatic rings. The van der Waals surface area contributed by atoms with Crippen LogP contribution in [0.25, 0.3) is 0 Å². The predicted molar refractivity (Wildman–Crippen MR) is 86.9 cm³/mol. The fourth-order valence-electron chi connectivity index (χ4n) is 2.25. The number of ether oxygens (including phenoxy) is 1. The Balaban J connectivity index is 1.87. The first-order chi connectivity index (χ1) is 9.81. The van der Waals surface area contributed by atoms with Crippen molar-refractivity contribution in [3.05, 3.63) is 24.3 Å². The van der Waals surface area contributed by atoms with E-state index in [4.69, 9.17) is 10.5 Å². The fourth-order valence-corrected chi connectivity index (χ4v) is 5.17. The van der Waals surface area contributed by atoms with E-state index < -0.39 is 15.6 Å². The van der Waals surface area contributed by atoms with E-state index in [-0.39, 0.29) is 11.9 Å². The average molecular weight is 330 g/mol. The van der Waals surface area contributed by atoms with E-state index in [0.717, 1.165) is 4.90 Å². The summed E-state index contributed by atoms with van der Waals surface area (Å²) in [6.45, 7) is 4.39. The fraction of sp³-hybridized carbons (Fsp3) is 0.571. The van der Waals surface area contributed by atoms with Crippen LogP contribution in [0, 0.1) is 0 Å². The summed E-state index contributed by atoms with van der Waals surface area (Å²) in [5.74, 6) is 0.568. The minimum atomic E-state index is -3.32. The summed E-state index contributed by atoms with van der Waals surface area (Å²) in [5.41, 5.74) is 5.89. The molecule has 21 heavy (non-hydrogen) atoms. The van der Waals surface area contributed by atoms with E-state index in [2.05, 4.69) is 4.72 Å². The lowest BCUT2D eigenvalue weighted by atomic mass is 9.97. The summed E-state index contributed by atoms with van der Waals surface area (Å²) in [6, 6.07) is 7.45. The highest BCUT2D eigenvalue weighted by Crippen LogP contribution is 2.26. The van der Waals surface area contributed by atoms with Gasteiger partial charge in [-0.05, 0) is 38.5 Å². The highest BCUT2D eigenvalue weighted by Gasteiger charge is 2.39. The van der Waals surface area contributed by atoms with Gasteiger partial charge in [0, 0.05) is 22.9 Å². The lowest BCUT2D eigenvalue weighted by Crippen LogP contribution is -2.51. The average Bonchev–Trinajstić information content (AvgIpc) is 2.68. The van der Waals surface area contributed by atoms with Gasteiger partial charge in [0.15, 0.2) is 0 Å². The number of benzene rings is 1. The largest absolute Gasteiger partial charge is 0.399 e. The van der Waals surface area contributed by atoms with Gasteiger partial charge in [-0.25, -0.2) is 13.1 Å². The molecule has 1 aliphatic heterocycles. The Morgan fingerprint density at radius 1 is 1.52 bits per heavy atom. The van der Waals surface area contributed by atoms with Crippen molar-refractivity contribution < 1.29 is 13.2 Å². The zero-order valence-electron chi connectivity index (χ0n) is 12.3. The lowest BCUT2D eigenvalue weighted by Gasteiger charge is -2.28. The molecule has 0 radical (unpaired) electrons. The van der Waals surface area contributed by atoms with Crippen molar-refractivity contribution in [2.45, 2.75) is 36.8 Å². The molecule has 0 amide bonds. The van der Waals surface area contributed by atoms with Gasteiger partial charge in [0.05, 0.1) is 17.4 Å². The van der Waals surface area contributed by atoms with Crippen LogP contribution < -0.4 is 10.5 Å². The summed E-state index contributed by atoms with van der Waals surface area (Å²) >= 11 is 1.49. The Morgan fingerprint density at radius 2 is 2.29 bits per heavy atom. The molecule has 0 saturated carbocycles. The Kier molecular flexibility index (Phi) is 5.19. The number of nitrogens with one attached hydrogen (secondary N) is 1. The van der Waals surface area contributed by atoms with Crippen LogP contribution >= 0.6 is 11.8 Å². The number of nitrogen functional groups attached to an aromatic ring is 1. The minimum absolute atomic E-state index is 0.0782. The van der Waals surface area contributed by atoms with Crippen LogP contribution in [0.5, 0.6) is 0 Å². The molecular formula is C14H22N2O3S2. The zero-order valence-corrected chi connectivity index (χ0v) is 14.0. The predicted octanol–water partition coefficient (Wildman–Crippen LogP) is 1.85. The lowest BCUT2D eigenvalue weighted by molar-refractivity contribution is 0.0957. The van der Waals surface area contributed by atoms with Gasteiger partial charge in [0.2, 0.25) is 10.0 Å². The van der Waals surface area contributed by atoms with E-state index in [9.17, 15) is 8.42 Å². The van der Waals surface area contributed by atoms with Crippen LogP contribution in [0.4, 0.5) is 5.69 Å². The van der Waals surface area contributed by atoms with Gasteiger partial charge in [-0.3, -0.25) is 0 Å². The minimum Gasteiger partial charge on any atom is -0.399 e. The third-order valence-electron chi connectivity index (χ3n) is 3.75. The third-order valence-corrected chi connectivity index (χ3v) is 6.53. The van der Waals surface area contributed by atoms with Crippen molar-refractivity contribution in [3.63, 3.8) is 0 Å². The molecule has 1 saturated heterocycles. The molecule has 2 rings (SSSR count). The SMILES string of the molecule is CC1OCCC1(C)NS(=O)(=O)CCSc1cccc(N)c1. The molecule has 118 valence electrons. The third kappa shape index (κ3) is 4.60. The molecule has 3 N–H and O–H groups in total. The monoisotopic (exact) mass is 330 g/mol. The second-order valence-corrected chi connectivity index (χ2v) is 8.53. The smallest absolute Gasteiger partial charge is 0.213 e. The molecule has 1 heterocycles. The van der Waals surface area contributed by atoms with E-state index in [0.29, 0.717) is 24.5 Å². The molecule has 2 atom stereocenters. The summed E-state index contributed by atoms with van der Waals surface area (Å²) < 4.78 is 32.6. The van der Waals surface area contributed by atoms with E-state index in [1.54, 1.807) is 0 Å². The van der Waals surface area contributed by atoms with Crippen molar-refractivity contribution in [1.29, 1.82) is 0 Å². The number of anilines is 1. The van der Waals surface area contributed by atoms with Crippen LogP contribution in [0.15, 0.2) is 29.2 Å². The highest BCUT2D eigenvalue weighted by molar-refractivity contribution is 8.00. The maximum Gasteiger partial charge on any atom is 0.213 e. The highest BCUT2D eigenvalue weighted by atomic mass is 32.2. The van der Waals surface area contributed by atoms with Gasteiger partial charge in [-0.2, -0.15) is 0 Å². The Bertz CT molecular complexity index is 592. The van der Waals surface area contributed by atoms with Gasteiger partial charge < -0.3 is 10.5 Å². The van der Waals surface area contributed by atoms with Crippen LogP contribution in [0.2, 0.25) is 0 Å². The maximum absolute atomic E-state index is 12.2. The molecule has 7 heteroatoms. The standard InChI is InChI=1S/C14H22N2O3S2/c1-11-14(2,6-7-19-11)16-21(17,18)9-8-20-13-5-3-4-12(15)10-13/h3-5,10-11,16H,6-9,15H2,1-2H3. The van der Waals surface area contributed by atoms with Crippen LogP contribution in [0.3, 0.4) is 0 Å². The first-order valence-corrected chi connectivity index (χ1v) is 9.56. The van der Waals surface area contributed by atoms with E-state index in [1.165, 1.54) is 11.8 Å². The number of rotatable bonds is 6. The first-order valence-electron chi connectivity index (χ1n) is 6.92. The second kappa shape index (κ2) is 6.56. The first kappa shape index (κ1) is 16.6. The number of hydrogen-bond donors (Lipinski definition) is 2. The Hall–Kier alpha value is -0.760. The van der Waals surface area contributed by atoms with Crippen LogP contribution in [-0.4, -0.2) is 38.2 Å². The molecular weight excluding hydrogens is 308 g/mol. The van der Waals surface area contributed by atoms with Crippen molar-refractivity contribution >= 4 is 27.5 Å². The number of sulfonamides is 1.